The average molecular weight is 380 g/mol. The average Bonchev–Trinajstić information content (AvgIpc) is 3.03. The third-order valence-electron chi connectivity index (χ3n) is 4.94. The van der Waals surface area contributed by atoms with Crippen LogP contribution in [0.4, 0.5) is 0 Å². The highest BCUT2D eigenvalue weighted by molar-refractivity contribution is 5.95. The van der Waals surface area contributed by atoms with E-state index < -0.39 is 47.9 Å². The summed E-state index contributed by atoms with van der Waals surface area (Å²) in [5.74, 6) is -4.60. The van der Waals surface area contributed by atoms with Gasteiger partial charge >= 0.3 is 23.9 Å². The van der Waals surface area contributed by atoms with Gasteiger partial charge in [-0.1, -0.05) is 36.4 Å². The molecule has 1 aliphatic carbocycles. The lowest BCUT2D eigenvalue weighted by molar-refractivity contribution is -0.169. The monoisotopic (exact) mass is 380 g/mol. The largest absolute Gasteiger partial charge is 0.454 e. The molecule has 0 aromatic heterocycles. The van der Waals surface area contributed by atoms with Gasteiger partial charge in [-0.3, -0.25) is 9.59 Å². The molecule has 1 saturated carbocycles. The maximum atomic E-state index is 12.5. The summed E-state index contributed by atoms with van der Waals surface area (Å²) in [7, 11) is 0. The second-order valence-electron chi connectivity index (χ2n) is 6.66. The molecule has 7 nitrogen and oxygen atoms in total. The van der Waals surface area contributed by atoms with Crippen LogP contribution >= 0.6 is 0 Å². The zero-order chi connectivity index (χ0) is 19.7. The molecule has 0 unspecified atom stereocenters. The molecule has 1 heterocycles. The SMILES string of the molecule is O=C(O[C@@H]1[C@H](OC(=O)c2ccccc2)[C@@H]2C[C@H]1C(=O)OC2=O)c1ccccc1. The van der Waals surface area contributed by atoms with E-state index in [9.17, 15) is 19.2 Å². The standard InChI is InChI=1S/C21H16O7/c22-18(12-7-3-1-4-8-12)26-16-14-11-15(21(25)28-20(14)24)17(16)27-19(23)13-9-5-2-6-10-13/h1-10,14-17H,11H2/t14-,15+,16+,17-. The summed E-state index contributed by atoms with van der Waals surface area (Å²) in [5.41, 5.74) is 0.577. The summed E-state index contributed by atoms with van der Waals surface area (Å²) in [6, 6.07) is 16.5. The third-order valence-corrected chi connectivity index (χ3v) is 4.94. The Morgan fingerprint density at radius 2 is 1.11 bits per heavy atom. The first-order valence-electron chi connectivity index (χ1n) is 8.82. The van der Waals surface area contributed by atoms with E-state index >= 15 is 0 Å². The summed E-state index contributed by atoms with van der Waals surface area (Å²) in [5, 5.41) is 0. The molecule has 28 heavy (non-hydrogen) atoms. The van der Waals surface area contributed by atoms with Crippen LogP contribution in [0.2, 0.25) is 0 Å². The predicted molar refractivity (Wildman–Crippen MR) is 94.0 cm³/mol. The number of benzene rings is 2. The minimum Gasteiger partial charge on any atom is -0.454 e. The van der Waals surface area contributed by atoms with Crippen LogP contribution in [0.5, 0.6) is 0 Å². The van der Waals surface area contributed by atoms with Crippen molar-refractivity contribution >= 4 is 23.9 Å². The zero-order valence-corrected chi connectivity index (χ0v) is 14.6. The van der Waals surface area contributed by atoms with Crippen molar-refractivity contribution in [2.45, 2.75) is 18.6 Å². The summed E-state index contributed by atoms with van der Waals surface area (Å²) >= 11 is 0. The van der Waals surface area contributed by atoms with E-state index in [0.717, 1.165) is 0 Å². The van der Waals surface area contributed by atoms with Gasteiger partial charge in [0.25, 0.3) is 0 Å². The van der Waals surface area contributed by atoms with Crippen molar-refractivity contribution in [1.82, 2.24) is 0 Å². The van der Waals surface area contributed by atoms with Crippen LogP contribution in [0.15, 0.2) is 60.7 Å². The zero-order valence-electron chi connectivity index (χ0n) is 14.6. The molecule has 2 aliphatic rings. The van der Waals surface area contributed by atoms with Crippen LogP contribution in [0, 0.1) is 11.8 Å². The molecule has 1 saturated heterocycles. The number of rotatable bonds is 4. The Bertz CT molecular complexity index is 847. The number of fused-ring (bicyclic) bond motifs is 2. The molecule has 2 fully saturated rings. The first-order valence-corrected chi connectivity index (χ1v) is 8.82. The van der Waals surface area contributed by atoms with Gasteiger partial charge in [0.2, 0.25) is 0 Å². The van der Waals surface area contributed by atoms with Crippen LogP contribution in [0.1, 0.15) is 27.1 Å². The lowest BCUT2D eigenvalue weighted by Crippen LogP contribution is -2.38. The van der Waals surface area contributed by atoms with Gasteiger partial charge in [-0.15, -0.1) is 0 Å². The van der Waals surface area contributed by atoms with Gasteiger partial charge < -0.3 is 14.2 Å². The highest BCUT2D eigenvalue weighted by Crippen LogP contribution is 2.41. The molecule has 1 aliphatic heterocycles. The number of cyclic esters (lactones) is 2. The van der Waals surface area contributed by atoms with Crippen molar-refractivity contribution in [2.75, 3.05) is 0 Å². The minimum absolute atomic E-state index is 0.108. The van der Waals surface area contributed by atoms with Gasteiger partial charge in [-0.05, 0) is 30.7 Å². The molecule has 0 spiro atoms. The Kier molecular flexibility index (Phi) is 4.65. The van der Waals surface area contributed by atoms with Gasteiger partial charge in [0, 0.05) is 0 Å². The second kappa shape index (κ2) is 7.26. The molecule has 0 amide bonds. The molecule has 0 N–H and O–H groups in total. The highest BCUT2D eigenvalue weighted by Gasteiger charge is 2.59. The number of ether oxygens (including phenoxy) is 3. The van der Waals surface area contributed by atoms with E-state index in [1.54, 1.807) is 60.7 Å². The first kappa shape index (κ1) is 17.9. The predicted octanol–water partition coefficient (Wildman–Crippen LogP) is 2.16. The number of carbonyl (C=O) groups is 4. The number of carbonyl (C=O) groups excluding carboxylic acids is 4. The van der Waals surface area contributed by atoms with E-state index in [0.29, 0.717) is 0 Å². The van der Waals surface area contributed by atoms with Crippen molar-refractivity contribution in [3.05, 3.63) is 71.8 Å². The maximum absolute atomic E-state index is 12.5. The molecular formula is C21H16O7. The van der Waals surface area contributed by atoms with Crippen molar-refractivity contribution in [1.29, 1.82) is 0 Å². The topological polar surface area (TPSA) is 96.0 Å². The number of hydrogen-bond donors (Lipinski definition) is 0. The van der Waals surface area contributed by atoms with E-state index in [4.69, 9.17) is 14.2 Å². The Labute approximate surface area is 160 Å². The van der Waals surface area contributed by atoms with Gasteiger partial charge in [-0.25, -0.2) is 9.59 Å². The van der Waals surface area contributed by atoms with Crippen molar-refractivity contribution in [3.8, 4) is 0 Å². The Morgan fingerprint density at radius 1 is 0.714 bits per heavy atom. The fraction of sp³-hybridized carbons (Fsp3) is 0.238. The summed E-state index contributed by atoms with van der Waals surface area (Å²) in [4.78, 5) is 49.2. The Morgan fingerprint density at radius 3 is 1.50 bits per heavy atom. The normalized spacial score (nSPS) is 25.7. The summed E-state index contributed by atoms with van der Waals surface area (Å²) < 4.78 is 15.8. The fourth-order valence-corrected chi connectivity index (χ4v) is 3.54. The molecule has 2 aromatic rings. The lowest BCUT2D eigenvalue weighted by atomic mass is 10.0. The van der Waals surface area contributed by atoms with Crippen LogP contribution in [0.25, 0.3) is 0 Å². The maximum Gasteiger partial charge on any atom is 0.338 e. The molecule has 142 valence electrons. The molecule has 2 aromatic carbocycles. The molecule has 0 radical (unpaired) electrons. The van der Waals surface area contributed by atoms with E-state index in [1.165, 1.54) is 0 Å². The molecule has 7 heteroatoms. The molecule has 2 bridgehead atoms. The summed E-state index contributed by atoms with van der Waals surface area (Å²) in [6.45, 7) is 0. The minimum atomic E-state index is -1.09. The Hall–Kier alpha value is -3.48. The van der Waals surface area contributed by atoms with Crippen LogP contribution in [0.3, 0.4) is 0 Å². The summed E-state index contributed by atoms with van der Waals surface area (Å²) in [6.07, 6.45) is -2.08. The second-order valence-corrected chi connectivity index (χ2v) is 6.66. The van der Waals surface area contributed by atoms with Crippen LogP contribution in [-0.4, -0.2) is 36.1 Å². The Balaban J connectivity index is 1.59. The molecule has 4 rings (SSSR count). The van der Waals surface area contributed by atoms with E-state index in [1.807, 2.05) is 0 Å². The number of hydrogen-bond acceptors (Lipinski definition) is 7. The van der Waals surface area contributed by atoms with E-state index in [2.05, 4.69) is 0 Å². The number of esters is 4. The van der Waals surface area contributed by atoms with Gasteiger partial charge in [0.15, 0.2) is 12.2 Å². The third kappa shape index (κ3) is 3.26. The molecule has 4 atom stereocenters. The fourth-order valence-electron chi connectivity index (χ4n) is 3.54. The quantitative estimate of drug-likeness (QED) is 0.456. The smallest absolute Gasteiger partial charge is 0.338 e. The molecular weight excluding hydrogens is 364 g/mol. The highest BCUT2D eigenvalue weighted by atomic mass is 16.6. The van der Waals surface area contributed by atoms with E-state index in [-0.39, 0.29) is 17.5 Å². The van der Waals surface area contributed by atoms with Crippen LogP contribution < -0.4 is 0 Å². The van der Waals surface area contributed by atoms with Crippen LogP contribution in [-0.2, 0) is 23.8 Å². The van der Waals surface area contributed by atoms with Crippen molar-refractivity contribution in [3.63, 3.8) is 0 Å². The first-order chi connectivity index (χ1) is 13.5. The lowest BCUT2D eigenvalue weighted by Gasteiger charge is -2.23. The van der Waals surface area contributed by atoms with Crippen molar-refractivity contribution < 1.29 is 33.4 Å². The van der Waals surface area contributed by atoms with Gasteiger partial charge in [0.05, 0.1) is 23.0 Å². The van der Waals surface area contributed by atoms with Gasteiger partial charge in [0.1, 0.15) is 0 Å². The van der Waals surface area contributed by atoms with Gasteiger partial charge in [-0.2, -0.15) is 0 Å². The van der Waals surface area contributed by atoms with Crippen molar-refractivity contribution in [2.24, 2.45) is 11.8 Å².